The minimum atomic E-state index is 0.0969. The first-order valence-corrected chi connectivity index (χ1v) is 5.90. The van der Waals surface area contributed by atoms with E-state index in [1.807, 2.05) is 24.3 Å². The van der Waals surface area contributed by atoms with Gasteiger partial charge in [0, 0.05) is 12.3 Å². The number of allylic oxidation sites excluding steroid dienone is 1. The second kappa shape index (κ2) is 4.72. The van der Waals surface area contributed by atoms with Crippen molar-refractivity contribution in [1.82, 2.24) is 15.2 Å². The van der Waals surface area contributed by atoms with Crippen LogP contribution in [0.2, 0.25) is 0 Å². The average molecular weight is 243 g/mol. The fraction of sp³-hybridized carbons (Fsp3) is 0.357. The predicted molar refractivity (Wildman–Crippen MR) is 70.6 cm³/mol. The second-order valence-corrected chi connectivity index (χ2v) is 5.24. The Morgan fingerprint density at radius 3 is 2.61 bits per heavy atom. The average Bonchev–Trinajstić information content (AvgIpc) is 2.77. The molecule has 0 aromatic carbocycles. The van der Waals surface area contributed by atoms with Crippen LogP contribution in [-0.4, -0.2) is 15.2 Å². The van der Waals surface area contributed by atoms with E-state index >= 15 is 0 Å². The fourth-order valence-corrected chi connectivity index (χ4v) is 1.29. The Bertz CT molecular complexity index is 550. The van der Waals surface area contributed by atoms with Gasteiger partial charge in [-0.05, 0) is 24.5 Å². The molecule has 2 heterocycles. The van der Waals surface area contributed by atoms with Gasteiger partial charge >= 0.3 is 0 Å². The van der Waals surface area contributed by atoms with Crippen molar-refractivity contribution in [2.75, 3.05) is 0 Å². The van der Waals surface area contributed by atoms with E-state index in [1.54, 1.807) is 6.20 Å². The van der Waals surface area contributed by atoms with E-state index in [9.17, 15) is 0 Å². The van der Waals surface area contributed by atoms with Gasteiger partial charge in [0.2, 0.25) is 5.89 Å². The quantitative estimate of drug-likeness (QED) is 0.809. The maximum Gasteiger partial charge on any atom is 0.266 e. The Labute approximate surface area is 107 Å². The summed E-state index contributed by atoms with van der Waals surface area (Å²) in [5, 5.41) is 8.01. The topological polar surface area (TPSA) is 51.8 Å². The third kappa shape index (κ3) is 2.83. The fourth-order valence-electron chi connectivity index (χ4n) is 1.29. The van der Waals surface area contributed by atoms with Crippen LogP contribution in [0.15, 0.2) is 34.4 Å². The highest BCUT2D eigenvalue weighted by molar-refractivity contribution is 5.49. The molecule has 94 valence electrons. The van der Waals surface area contributed by atoms with Crippen molar-refractivity contribution in [2.24, 2.45) is 5.41 Å². The zero-order valence-corrected chi connectivity index (χ0v) is 11.1. The van der Waals surface area contributed by atoms with Crippen LogP contribution in [-0.2, 0) is 0 Å². The van der Waals surface area contributed by atoms with E-state index in [1.165, 1.54) is 5.57 Å². The third-order valence-electron chi connectivity index (χ3n) is 2.85. The standard InChI is InChI=1S/C14H17N3O/c1-10(14(2,3)4)9-12-16-17-13(18-12)11-7-5-6-8-15-11/h5-9H,1-4H3. The van der Waals surface area contributed by atoms with E-state index in [0.717, 1.165) is 0 Å². The van der Waals surface area contributed by atoms with Crippen molar-refractivity contribution < 1.29 is 4.42 Å². The van der Waals surface area contributed by atoms with Gasteiger partial charge in [0.1, 0.15) is 5.69 Å². The molecular formula is C14H17N3O. The first-order valence-electron chi connectivity index (χ1n) is 5.90. The number of hydrogen-bond donors (Lipinski definition) is 0. The largest absolute Gasteiger partial charge is 0.415 e. The monoisotopic (exact) mass is 243 g/mol. The van der Waals surface area contributed by atoms with Gasteiger partial charge in [-0.15, -0.1) is 10.2 Å². The highest BCUT2D eigenvalue weighted by Crippen LogP contribution is 2.26. The maximum atomic E-state index is 5.57. The normalized spacial score (nSPS) is 12.8. The van der Waals surface area contributed by atoms with Crippen molar-refractivity contribution in [2.45, 2.75) is 27.7 Å². The van der Waals surface area contributed by atoms with Gasteiger partial charge in [0.25, 0.3) is 5.89 Å². The maximum absolute atomic E-state index is 5.57. The molecule has 0 unspecified atom stereocenters. The molecule has 0 saturated heterocycles. The molecule has 2 aromatic heterocycles. The molecule has 0 saturated carbocycles. The van der Waals surface area contributed by atoms with Crippen LogP contribution in [0, 0.1) is 5.41 Å². The highest BCUT2D eigenvalue weighted by atomic mass is 16.4. The minimum absolute atomic E-state index is 0.0969. The van der Waals surface area contributed by atoms with Gasteiger partial charge in [0.05, 0.1) is 0 Å². The summed E-state index contributed by atoms with van der Waals surface area (Å²) >= 11 is 0. The van der Waals surface area contributed by atoms with Crippen LogP contribution in [0.25, 0.3) is 17.7 Å². The van der Waals surface area contributed by atoms with Crippen molar-refractivity contribution in [1.29, 1.82) is 0 Å². The van der Waals surface area contributed by atoms with Crippen molar-refractivity contribution in [3.63, 3.8) is 0 Å². The van der Waals surface area contributed by atoms with Crippen LogP contribution in [0.4, 0.5) is 0 Å². The summed E-state index contributed by atoms with van der Waals surface area (Å²) in [7, 11) is 0. The number of aromatic nitrogens is 3. The molecule has 2 aromatic rings. The lowest BCUT2D eigenvalue weighted by Crippen LogP contribution is -2.05. The molecule has 0 aliphatic carbocycles. The molecule has 4 heteroatoms. The molecule has 0 spiro atoms. The number of pyridine rings is 1. The lowest BCUT2D eigenvalue weighted by molar-refractivity contribution is 0.502. The smallest absolute Gasteiger partial charge is 0.266 e. The van der Waals surface area contributed by atoms with Crippen LogP contribution in [0.5, 0.6) is 0 Å². The van der Waals surface area contributed by atoms with E-state index in [2.05, 4.69) is 42.9 Å². The zero-order valence-electron chi connectivity index (χ0n) is 11.1. The Morgan fingerprint density at radius 2 is 2.00 bits per heavy atom. The van der Waals surface area contributed by atoms with Crippen molar-refractivity contribution in [3.05, 3.63) is 35.9 Å². The predicted octanol–water partition coefficient (Wildman–Crippen LogP) is 3.58. The highest BCUT2D eigenvalue weighted by Gasteiger charge is 2.14. The SMILES string of the molecule is CC(=Cc1nnc(-c2ccccn2)o1)C(C)(C)C. The first kappa shape index (κ1) is 12.5. The number of nitrogens with zero attached hydrogens (tertiary/aromatic N) is 3. The second-order valence-electron chi connectivity index (χ2n) is 5.24. The Kier molecular flexibility index (Phi) is 3.28. The molecule has 4 nitrogen and oxygen atoms in total. The van der Waals surface area contributed by atoms with Crippen LogP contribution in [0.1, 0.15) is 33.6 Å². The summed E-state index contributed by atoms with van der Waals surface area (Å²) in [5.41, 5.74) is 1.98. The summed E-state index contributed by atoms with van der Waals surface area (Å²) < 4.78 is 5.57. The first-order chi connectivity index (χ1) is 8.47. The lowest BCUT2D eigenvalue weighted by atomic mass is 9.87. The van der Waals surface area contributed by atoms with Crippen molar-refractivity contribution >= 4 is 6.08 Å². The molecule has 2 rings (SSSR count). The minimum Gasteiger partial charge on any atom is -0.415 e. The molecule has 0 N–H and O–H groups in total. The third-order valence-corrected chi connectivity index (χ3v) is 2.85. The van der Waals surface area contributed by atoms with Gasteiger partial charge in [-0.2, -0.15) is 0 Å². The molecule has 0 bridgehead atoms. The molecule has 0 radical (unpaired) electrons. The Morgan fingerprint density at radius 1 is 1.22 bits per heavy atom. The summed E-state index contributed by atoms with van der Waals surface area (Å²) in [6.45, 7) is 8.50. The zero-order chi connectivity index (χ0) is 13.2. The molecule has 0 aliphatic heterocycles. The summed E-state index contributed by atoms with van der Waals surface area (Å²) in [4.78, 5) is 4.17. The Hall–Kier alpha value is -1.97. The van der Waals surface area contributed by atoms with Gasteiger partial charge in [-0.25, -0.2) is 0 Å². The summed E-state index contributed by atoms with van der Waals surface area (Å²) in [6.07, 6.45) is 3.62. The van der Waals surface area contributed by atoms with E-state index < -0.39 is 0 Å². The van der Waals surface area contributed by atoms with Gasteiger partial charge < -0.3 is 4.42 Å². The molecule has 0 fully saturated rings. The molecule has 18 heavy (non-hydrogen) atoms. The van der Waals surface area contributed by atoms with E-state index in [4.69, 9.17) is 4.42 Å². The number of rotatable bonds is 2. The molecule has 0 aliphatic rings. The van der Waals surface area contributed by atoms with Crippen molar-refractivity contribution in [3.8, 4) is 11.6 Å². The molecule has 0 atom stereocenters. The van der Waals surface area contributed by atoms with Crippen LogP contribution < -0.4 is 0 Å². The summed E-state index contributed by atoms with van der Waals surface area (Å²) in [6, 6.07) is 5.59. The molecular weight excluding hydrogens is 226 g/mol. The number of hydrogen-bond acceptors (Lipinski definition) is 4. The van der Waals surface area contributed by atoms with Gasteiger partial charge in [0.15, 0.2) is 0 Å². The van der Waals surface area contributed by atoms with Crippen LogP contribution in [0.3, 0.4) is 0 Å². The summed E-state index contributed by atoms with van der Waals surface area (Å²) in [5.74, 6) is 0.964. The molecule has 0 amide bonds. The van der Waals surface area contributed by atoms with E-state index in [0.29, 0.717) is 17.5 Å². The van der Waals surface area contributed by atoms with Crippen LogP contribution >= 0.6 is 0 Å². The van der Waals surface area contributed by atoms with Gasteiger partial charge in [-0.3, -0.25) is 4.98 Å². The Balaban J connectivity index is 2.27. The van der Waals surface area contributed by atoms with Gasteiger partial charge in [-0.1, -0.05) is 32.4 Å². The lowest BCUT2D eigenvalue weighted by Gasteiger charge is -2.18. The van der Waals surface area contributed by atoms with E-state index in [-0.39, 0.29) is 5.41 Å².